The van der Waals surface area contributed by atoms with Crippen molar-refractivity contribution in [1.29, 1.82) is 0 Å². The summed E-state index contributed by atoms with van der Waals surface area (Å²) < 4.78 is 40.0. The van der Waals surface area contributed by atoms with E-state index in [0.29, 0.717) is 0 Å². The van der Waals surface area contributed by atoms with Crippen LogP contribution >= 0.6 is 0 Å². The van der Waals surface area contributed by atoms with Crippen molar-refractivity contribution in [3.05, 3.63) is 29.6 Å². The number of hydrogen-bond donors (Lipinski definition) is 2. The summed E-state index contributed by atoms with van der Waals surface area (Å²) in [5.41, 5.74) is -0.688. The Morgan fingerprint density at radius 3 is 2.65 bits per heavy atom. The molecular weight excluding hydrogens is 366 g/mol. The summed E-state index contributed by atoms with van der Waals surface area (Å²) >= 11 is 0. The topological polar surface area (TPSA) is 135 Å². The Hall–Kier alpha value is -2.08. The number of carbonyl (C=O) groups is 2. The normalized spacial score (nSPS) is 27.7. The van der Waals surface area contributed by atoms with Gasteiger partial charge < -0.3 is 10.1 Å². The Morgan fingerprint density at radius 1 is 1.35 bits per heavy atom. The molecule has 0 aromatic carbocycles. The maximum Gasteiger partial charge on any atom is 0.397 e. The highest BCUT2D eigenvalue weighted by Gasteiger charge is 2.68. The van der Waals surface area contributed by atoms with E-state index >= 15 is 0 Å². The molecule has 2 amide bonds. The fourth-order valence-corrected chi connectivity index (χ4v) is 3.55. The van der Waals surface area contributed by atoms with Crippen LogP contribution in [0.15, 0.2) is 18.3 Å². The molecule has 1 aromatic rings. The predicted molar refractivity (Wildman–Crippen MR) is 86.9 cm³/mol. The summed E-state index contributed by atoms with van der Waals surface area (Å²) in [6, 6.07) is 3.18. The molecule has 2 atom stereocenters. The highest BCUT2D eigenvalue weighted by Crippen LogP contribution is 2.48. The van der Waals surface area contributed by atoms with E-state index in [1.807, 2.05) is 0 Å². The third-order valence-electron chi connectivity index (χ3n) is 4.84. The summed E-state index contributed by atoms with van der Waals surface area (Å²) in [6.45, 7) is 4.42. The standard InChI is InChI=1S/C15H19N3O7S/c1-9(2)14(3)13(20)17-15(24-7-8-25-26(21,22)23)11-10(5-4-6-16-11)12(19)18(14)15/h4-6,9H,7-8H2,1-3H3,(H,17,20)(H,21,22,23). The van der Waals surface area contributed by atoms with Crippen LogP contribution in [0, 0.1) is 5.92 Å². The van der Waals surface area contributed by atoms with E-state index in [2.05, 4.69) is 14.5 Å². The Balaban J connectivity index is 2.01. The number of carbonyl (C=O) groups excluding carboxylic acids is 2. The van der Waals surface area contributed by atoms with E-state index < -0.39 is 40.2 Å². The van der Waals surface area contributed by atoms with Crippen molar-refractivity contribution in [3.63, 3.8) is 0 Å². The molecule has 26 heavy (non-hydrogen) atoms. The zero-order valence-corrected chi connectivity index (χ0v) is 15.2. The first-order valence-electron chi connectivity index (χ1n) is 7.92. The van der Waals surface area contributed by atoms with Gasteiger partial charge in [0.2, 0.25) is 5.91 Å². The van der Waals surface area contributed by atoms with E-state index in [0.717, 1.165) is 0 Å². The molecule has 1 fully saturated rings. The van der Waals surface area contributed by atoms with E-state index in [4.69, 9.17) is 9.29 Å². The lowest BCUT2D eigenvalue weighted by Crippen LogP contribution is -2.56. The zero-order chi connectivity index (χ0) is 19.3. The summed E-state index contributed by atoms with van der Waals surface area (Å²) in [6.07, 6.45) is 1.46. The largest absolute Gasteiger partial charge is 0.397 e. The summed E-state index contributed by atoms with van der Waals surface area (Å²) in [5, 5.41) is 2.70. The molecule has 10 nitrogen and oxygen atoms in total. The van der Waals surface area contributed by atoms with Gasteiger partial charge in [-0.3, -0.25) is 24.0 Å². The van der Waals surface area contributed by atoms with Gasteiger partial charge in [-0.15, -0.1) is 0 Å². The Bertz CT molecular complexity index is 872. The molecular formula is C15H19N3O7S. The number of fused-ring (bicyclic) bond motifs is 3. The van der Waals surface area contributed by atoms with Gasteiger partial charge in [-0.2, -0.15) is 8.42 Å². The van der Waals surface area contributed by atoms with Crippen LogP contribution in [0.1, 0.15) is 36.8 Å². The smallest absolute Gasteiger partial charge is 0.330 e. The van der Waals surface area contributed by atoms with Crippen molar-refractivity contribution in [1.82, 2.24) is 15.2 Å². The number of rotatable bonds is 6. The van der Waals surface area contributed by atoms with Crippen molar-refractivity contribution < 1.29 is 31.5 Å². The maximum atomic E-state index is 13.0. The lowest BCUT2D eigenvalue weighted by molar-refractivity contribution is -0.161. The number of hydrogen-bond acceptors (Lipinski definition) is 7. The quantitative estimate of drug-likeness (QED) is 0.517. The van der Waals surface area contributed by atoms with Crippen LogP contribution in [0.4, 0.5) is 0 Å². The fraction of sp³-hybridized carbons (Fsp3) is 0.533. The average Bonchev–Trinajstić information content (AvgIpc) is 2.93. The minimum atomic E-state index is -4.63. The van der Waals surface area contributed by atoms with Crippen molar-refractivity contribution in [2.24, 2.45) is 5.92 Å². The van der Waals surface area contributed by atoms with Crippen LogP contribution < -0.4 is 5.32 Å². The van der Waals surface area contributed by atoms with Crippen molar-refractivity contribution in [3.8, 4) is 0 Å². The first kappa shape index (κ1) is 18.7. The second-order valence-electron chi connectivity index (χ2n) is 6.54. The lowest BCUT2D eigenvalue weighted by atomic mass is 9.87. The number of aromatic nitrogens is 1. The number of nitrogens with zero attached hydrogens (tertiary/aromatic N) is 2. The molecule has 1 aromatic heterocycles. The summed E-state index contributed by atoms with van der Waals surface area (Å²) in [5.74, 6) is -2.72. The highest BCUT2D eigenvalue weighted by molar-refractivity contribution is 7.80. The van der Waals surface area contributed by atoms with E-state index in [9.17, 15) is 18.0 Å². The second-order valence-corrected chi connectivity index (χ2v) is 7.63. The van der Waals surface area contributed by atoms with Gasteiger partial charge in [0.25, 0.3) is 11.8 Å². The highest BCUT2D eigenvalue weighted by atomic mass is 32.3. The van der Waals surface area contributed by atoms with Gasteiger partial charge in [-0.1, -0.05) is 13.8 Å². The van der Waals surface area contributed by atoms with E-state index in [-0.39, 0.29) is 23.8 Å². The van der Waals surface area contributed by atoms with Gasteiger partial charge in [0, 0.05) is 6.20 Å². The van der Waals surface area contributed by atoms with Gasteiger partial charge >= 0.3 is 10.4 Å². The second kappa shape index (κ2) is 5.98. The molecule has 2 aliphatic heterocycles. The molecule has 0 saturated carbocycles. The molecule has 2 unspecified atom stereocenters. The maximum absolute atomic E-state index is 13.0. The molecule has 2 N–H and O–H groups in total. The number of amides is 2. The van der Waals surface area contributed by atoms with Crippen LogP contribution in [-0.2, 0) is 30.0 Å². The first-order chi connectivity index (χ1) is 12.0. The van der Waals surface area contributed by atoms with Crippen LogP contribution in [0.2, 0.25) is 0 Å². The zero-order valence-electron chi connectivity index (χ0n) is 14.4. The third kappa shape index (κ3) is 2.58. The minimum absolute atomic E-state index is 0.217. The lowest BCUT2D eigenvalue weighted by Gasteiger charge is -2.39. The number of ether oxygens (including phenoxy) is 1. The molecule has 0 bridgehead atoms. The molecule has 3 rings (SSSR count). The third-order valence-corrected chi connectivity index (χ3v) is 5.30. The van der Waals surface area contributed by atoms with Gasteiger partial charge in [0.1, 0.15) is 11.2 Å². The van der Waals surface area contributed by atoms with Gasteiger partial charge in [-0.05, 0) is 25.0 Å². The first-order valence-corrected chi connectivity index (χ1v) is 9.29. The molecule has 11 heteroatoms. The van der Waals surface area contributed by atoms with Gasteiger partial charge in [0.05, 0.1) is 18.8 Å². The van der Waals surface area contributed by atoms with Crippen molar-refractivity contribution in [2.45, 2.75) is 32.2 Å². The number of pyridine rings is 1. The van der Waals surface area contributed by atoms with Crippen molar-refractivity contribution in [2.75, 3.05) is 13.2 Å². The number of nitrogens with one attached hydrogen (secondary N) is 1. The molecule has 0 spiro atoms. The summed E-state index contributed by atoms with van der Waals surface area (Å²) in [4.78, 5) is 31.2. The summed E-state index contributed by atoms with van der Waals surface area (Å²) in [7, 11) is -4.63. The molecule has 0 radical (unpaired) electrons. The van der Waals surface area contributed by atoms with Crippen LogP contribution in [0.5, 0.6) is 0 Å². The predicted octanol–water partition coefficient (Wildman–Crippen LogP) is 0.0282. The minimum Gasteiger partial charge on any atom is -0.330 e. The monoisotopic (exact) mass is 385 g/mol. The fourth-order valence-electron chi connectivity index (χ4n) is 3.27. The van der Waals surface area contributed by atoms with Gasteiger partial charge in [0.15, 0.2) is 0 Å². The molecule has 142 valence electrons. The SMILES string of the molecule is CC(C)C1(C)C(=O)NC2(OCCOS(=O)(=O)O)c3ncccc3C(=O)N21. The van der Waals surface area contributed by atoms with Crippen molar-refractivity contribution >= 4 is 22.2 Å². The van der Waals surface area contributed by atoms with Crippen LogP contribution in [0.3, 0.4) is 0 Å². The van der Waals surface area contributed by atoms with E-state index in [1.54, 1.807) is 32.9 Å². The molecule has 0 aliphatic carbocycles. The Kier molecular flexibility index (Phi) is 4.30. The van der Waals surface area contributed by atoms with E-state index in [1.165, 1.54) is 11.1 Å². The van der Waals surface area contributed by atoms with Crippen LogP contribution in [0.25, 0.3) is 0 Å². The Morgan fingerprint density at radius 2 is 2.04 bits per heavy atom. The van der Waals surface area contributed by atoms with Crippen LogP contribution in [-0.4, -0.2) is 53.4 Å². The molecule has 1 saturated heterocycles. The molecule has 2 aliphatic rings. The molecule has 3 heterocycles. The van der Waals surface area contributed by atoms with Gasteiger partial charge in [-0.25, -0.2) is 4.18 Å². The average molecular weight is 385 g/mol. The Labute approximate surface area is 150 Å².